The van der Waals surface area contributed by atoms with Crippen LogP contribution in [0.2, 0.25) is 0 Å². The second-order valence-corrected chi connectivity index (χ2v) is 7.59. The molecule has 0 bridgehead atoms. The van der Waals surface area contributed by atoms with Gasteiger partial charge in [-0.1, -0.05) is 23.8 Å². The summed E-state index contributed by atoms with van der Waals surface area (Å²) in [5.41, 5.74) is 2.70. The summed E-state index contributed by atoms with van der Waals surface area (Å²) in [5, 5.41) is 21.5. The Bertz CT molecular complexity index is 1040. The molecule has 1 aliphatic rings. The van der Waals surface area contributed by atoms with Gasteiger partial charge in [-0.15, -0.1) is 0 Å². The number of carbonyl (C=O) groups excluding carboxylic acids is 2. The number of likely N-dealkylation sites (tertiary alicyclic amines) is 1. The zero-order valence-electron chi connectivity index (χ0n) is 18.1. The molecule has 1 atom stereocenters. The van der Waals surface area contributed by atoms with Gasteiger partial charge in [0.2, 0.25) is 0 Å². The van der Waals surface area contributed by atoms with Crippen LogP contribution in [0.1, 0.15) is 34.7 Å². The van der Waals surface area contributed by atoms with E-state index >= 15 is 0 Å². The molecule has 1 aliphatic heterocycles. The SMILES string of the molecule is COCCCN1C(=O)C(=O)/C(=C(/O)c2cc(C)ccc2C)C1c1ccc(OC)c(O)c1. The number of Topliss-reactive ketones (excluding diaryl/α,β-unsaturated/α-hetero) is 1. The molecule has 31 heavy (non-hydrogen) atoms. The number of benzene rings is 2. The summed E-state index contributed by atoms with van der Waals surface area (Å²) in [6, 6.07) is 9.41. The van der Waals surface area contributed by atoms with E-state index < -0.39 is 17.7 Å². The summed E-state index contributed by atoms with van der Waals surface area (Å²) < 4.78 is 10.2. The molecule has 2 aromatic rings. The minimum Gasteiger partial charge on any atom is -0.507 e. The molecule has 0 aliphatic carbocycles. The van der Waals surface area contributed by atoms with Gasteiger partial charge in [-0.3, -0.25) is 9.59 Å². The molecule has 1 saturated heterocycles. The average molecular weight is 425 g/mol. The Balaban J connectivity index is 2.19. The number of phenols is 1. The first-order valence-corrected chi connectivity index (χ1v) is 10.0. The van der Waals surface area contributed by atoms with Gasteiger partial charge in [0.25, 0.3) is 11.7 Å². The number of carbonyl (C=O) groups is 2. The molecule has 1 amide bonds. The third-order valence-electron chi connectivity index (χ3n) is 5.45. The number of hydrogen-bond acceptors (Lipinski definition) is 6. The highest BCUT2D eigenvalue weighted by atomic mass is 16.5. The average Bonchev–Trinajstić information content (AvgIpc) is 3.00. The van der Waals surface area contributed by atoms with Crippen molar-refractivity contribution >= 4 is 17.4 Å². The maximum absolute atomic E-state index is 13.0. The van der Waals surface area contributed by atoms with Crippen molar-refractivity contribution in [1.82, 2.24) is 4.90 Å². The standard InChI is InChI=1S/C24H27NO6/c1-14-6-7-15(2)17(12-14)22(27)20-21(16-8-9-19(31-4)18(26)13-16)25(10-5-11-30-3)24(29)23(20)28/h6-9,12-13,21,26-27H,5,10-11H2,1-4H3/b22-20+. The molecule has 0 spiro atoms. The molecule has 1 unspecified atom stereocenters. The maximum Gasteiger partial charge on any atom is 0.295 e. The van der Waals surface area contributed by atoms with Gasteiger partial charge in [0.15, 0.2) is 11.5 Å². The van der Waals surface area contributed by atoms with Crippen molar-refractivity contribution in [2.45, 2.75) is 26.3 Å². The van der Waals surface area contributed by atoms with Crippen molar-refractivity contribution in [1.29, 1.82) is 0 Å². The van der Waals surface area contributed by atoms with E-state index in [0.29, 0.717) is 24.2 Å². The van der Waals surface area contributed by atoms with E-state index in [1.165, 1.54) is 18.1 Å². The van der Waals surface area contributed by atoms with E-state index in [1.54, 1.807) is 25.3 Å². The molecule has 0 radical (unpaired) electrons. The van der Waals surface area contributed by atoms with Gasteiger partial charge in [0, 0.05) is 25.8 Å². The molecule has 0 saturated carbocycles. The highest BCUT2D eigenvalue weighted by molar-refractivity contribution is 6.46. The van der Waals surface area contributed by atoms with Crippen LogP contribution in [0.25, 0.3) is 5.76 Å². The number of methoxy groups -OCH3 is 2. The molecule has 164 valence electrons. The number of aliphatic hydroxyl groups is 1. The largest absolute Gasteiger partial charge is 0.507 e. The Morgan fingerprint density at radius 3 is 2.48 bits per heavy atom. The van der Waals surface area contributed by atoms with Gasteiger partial charge in [-0.05, 0) is 49.6 Å². The van der Waals surface area contributed by atoms with Crippen molar-refractivity contribution in [2.24, 2.45) is 0 Å². The van der Waals surface area contributed by atoms with Crippen molar-refractivity contribution in [3.8, 4) is 11.5 Å². The normalized spacial score (nSPS) is 17.9. The van der Waals surface area contributed by atoms with Crippen LogP contribution in [-0.2, 0) is 14.3 Å². The second-order valence-electron chi connectivity index (χ2n) is 7.59. The van der Waals surface area contributed by atoms with Crippen molar-refractivity contribution in [3.63, 3.8) is 0 Å². The molecule has 0 aromatic heterocycles. The Morgan fingerprint density at radius 1 is 1.10 bits per heavy atom. The lowest BCUT2D eigenvalue weighted by molar-refractivity contribution is -0.140. The van der Waals surface area contributed by atoms with Gasteiger partial charge in [0.05, 0.1) is 18.7 Å². The number of aryl methyl sites for hydroxylation is 2. The first kappa shape index (κ1) is 22.4. The predicted octanol–water partition coefficient (Wildman–Crippen LogP) is 3.48. The monoisotopic (exact) mass is 425 g/mol. The van der Waals surface area contributed by atoms with Crippen LogP contribution in [0.3, 0.4) is 0 Å². The number of hydrogen-bond donors (Lipinski definition) is 2. The number of aliphatic hydroxyl groups excluding tert-OH is 1. The third kappa shape index (κ3) is 4.27. The van der Waals surface area contributed by atoms with Gasteiger partial charge in [-0.25, -0.2) is 0 Å². The lowest BCUT2D eigenvalue weighted by Gasteiger charge is -2.25. The summed E-state index contributed by atoms with van der Waals surface area (Å²) in [6.45, 7) is 4.40. The summed E-state index contributed by atoms with van der Waals surface area (Å²) in [4.78, 5) is 27.3. The molecule has 1 heterocycles. The van der Waals surface area contributed by atoms with Crippen molar-refractivity contribution < 1.29 is 29.3 Å². The molecule has 7 nitrogen and oxygen atoms in total. The van der Waals surface area contributed by atoms with Crippen LogP contribution in [0.4, 0.5) is 0 Å². The van der Waals surface area contributed by atoms with Gasteiger partial charge >= 0.3 is 0 Å². The molecular weight excluding hydrogens is 398 g/mol. The number of phenolic OH excluding ortho intramolecular Hbond substituents is 1. The third-order valence-corrected chi connectivity index (χ3v) is 5.45. The highest BCUT2D eigenvalue weighted by Gasteiger charge is 2.46. The topological polar surface area (TPSA) is 96.3 Å². The maximum atomic E-state index is 13.0. The minimum absolute atomic E-state index is 0.000633. The fraction of sp³-hybridized carbons (Fsp3) is 0.333. The van der Waals surface area contributed by atoms with E-state index in [9.17, 15) is 19.8 Å². The van der Waals surface area contributed by atoms with Gasteiger partial charge in [0.1, 0.15) is 5.76 Å². The quantitative estimate of drug-likeness (QED) is 0.305. The van der Waals surface area contributed by atoms with E-state index in [1.807, 2.05) is 26.0 Å². The number of rotatable bonds is 7. The smallest absolute Gasteiger partial charge is 0.295 e. The molecule has 3 rings (SSSR count). The number of ether oxygens (including phenoxy) is 2. The van der Waals surface area contributed by atoms with Crippen molar-refractivity contribution in [3.05, 3.63) is 64.2 Å². The lowest BCUT2D eigenvalue weighted by Crippen LogP contribution is -2.31. The Kier molecular flexibility index (Phi) is 6.65. The zero-order valence-corrected chi connectivity index (χ0v) is 18.1. The fourth-order valence-electron chi connectivity index (χ4n) is 3.85. The fourth-order valence-corrected chi connectivity index (χ4v) is 3.85. The Labute approximate surface area is 181 Å². The van der Waals surface area contributed by atoms with Crippen LogP contribution in [0.15, 0.2) is 42.0 Å². The highest BCUT2D eigenvalue weighted by Crippen LogP contribution is 2.42. The van der Waals surface area contributed by atoms with Crippen LogP contribution in [-0.4, -0.2) is 54.2 Å². The van der Waals surface area contributed by atoms with Crippen LogP contribution in [0.5, 0.6) is 11.5 Å². The summed E-state index contributed by atoms with van der Waals surface area (Å²) >= 11 is 0. The van der Waals surface area contributed by atoms with Crippen LogP contribution < -0.4 is 4.74 Å². The minimum atomic E-state index is -0.839. The van der Waals surface area contributed by atoms with Gasteiger partial charge in [-0.2, -0.15) is 0 Å². The van der Waals surface area contributed by atoms with Gasteiger partial charge < -0.3 is 24.6 Å². The molecular formula is C24H27NO6. The van der Waals surface area contributed by atoms with Crippen LogP contribution in [0, 0.1) is 13.8 Å². The number of ketones is 1. The summed E-state index contributed by atoms with van der Waals surface area (Å²) in [7, 11) is 3.00. The number of nitrogens with zero attached hydrogens (tertiary/aromatic N) is 1. The number of aromatic hydroxyl groups is 1. The first-order valence-electron chi connectivity index (χ1n) is 10.0. The first-order chi connectivity index (χ1) is 14.8. The van der Waals surface area contributed by atoms with E-state index in [2.05, 4.69) is 0 Å². The van der Waals surface area contributed by atoms with E-state index in [4.69, 9.17) is 9.47 Å². The lowest BCUT2D eigenvalue weighted by atomic mass is 9.93. The van der Waals surface area contributed by atoms with Crippen LogP contribution >= 0.6 is 0 Å². The van der Waals surface area contributed by atoms with E-state index in [0.717, 1.165) is 11.1 Å². The van der Waals surface area contributed by atoms with E-state index in [-0.39, 0.29) is 29.4 Å². The molecule has 2 N–H and O–H groups in total. The predicted molar refractivity (Wildman–Crippen MR) is 116 cm³/mol. The molecule has 2 aromatic carbocycles. The Hall–Kier alpha value is -3.32. The Morgan fingerprint density at radius 2 is 1.84 bits per heavy atom. The zero-order chi connectivity index (χ0) is 22.7. The summed E-state index contributed by atoms with van der Waals surface area (Å²) in [6.07, 6.45) is 0.520. The number of amides is 1. The summed E-state index contributed by atoms with van der Waals surface area (Å²) in [5.74, 6) is -1.52. The molecule has 7 heteroatoms. The van der Waals surface area contributed by atoms with Crippen molar-refractivity contribution in [2.75, 3.05) is 27.4 Å². The second kappa shape index (κ2) is 9.22. The molecule has 1 fully saturated rings.